The number of ether oxygens (including phenoxy) is 3. The number of H-pyrrole nitrogens is 1. The van der Waals surface area contributed by atoms with Crippen LogP contribution in [-0.4, -0.2) is 65.6 Å². The van der Waals surface area contributed by atoms with Gasteiger partial charge in [-0.25, -0.2) is 9.78 Å². The molecule has 0 radical (unpaired) electrons. The summed E-state index contributed by atoms with van der Waals surface area (Å²) in [5.74, 6) is -0.441. The van der Waals surface area contributed by atoms with Crippen molar-refractivity contribution in [2.24, 2.45) is 5.92 Å². The molecule has 0 unspecified atom stereocenters. The van der Waals surface area contributed by atoms with Gasteiger partial charge in [0.2, 0.25) is 5.91 Å². The van der Waals surface area contributed by atoms with Crippen LogP contribution >= 0.6 is 0 Å². The van der Waals surface area contributed by atoms with Gasteiger partial charge in [-0.15, -0.1) is 0 Å². The number of amides is 2. The number of aryl methyl sites for hydroxylation is 1. The van der Waals surface area contributed by atoms with Crippen molar-refractivity contribution in [3.05, 3.63) is 17.7 Å². The summed E-state index contributed by atoms with van der Waals surface area (Å²) in [6, 6.07) is -1.02. The minimum atomic E-state index is -0.812. The maximum absolute atomic E-state index is 13.3. The van der Waals surface area contributed by atoms with E-state index in [9.17, 15) is 9.59 Å². The van der Waals surface area contributed by atoms with E-state index in [4.69, 9.17) is 9.47 Å². The Hall–Kier alpha value is -2.13. The zero-order chi connectivity index (χ0) is 18.9. The summed E-state index contributed by atoms with van der Waals surface area (Å²) in [4.78, 5) is 34.2. The normalized spacial score (nSPS) is 22.8. The van der Waals surface area contributed by atoms with E-state index >= 15 is 0 Å². The molecule has 9 heteroatoms. The standard InChI is InChI=1S/C17H26N4O5/c1-10(2)13(20-16(23)24-4)15(22)21-9-17(25-5-6-26-17)7-12(21)14-18-8-11(3)19-14/h8,10,12-13H,5-7,9H2,1-4H3,(H,18,19)(H,20,23)/t12-,13-/m0/s1. The van der Waals surface area contributed by atoms with Crippen molar-refractivity contribution < 1.29 is 23.8 Å². The first-order chi connectivity index (χ1) is 12.3. The first-order valence-corrected chi connectivity index (χ1v) is 8.79. The Morgan fingerprint density at radius 3 is 2.65 bits per heavy atom. The van der Waals surface area contributed by atoms with Gasteiger partial charge in [-0.3, -0.25) is 4.79 Å². The summed E-state index contributed by atoms with van der Waals surface area (Å²) in [6.45, 7) is 6.95. The second kappa shape index (κ2) is 7.24. The van der Waals surface area contributed by atoms with E-state index in [2.05, 4.69) is 20.0 Å². The second-order valence-corrected chi connectivity index (χ2v) is 7.10. The molecule has 0 saturated carbocycles. The molecule has 144 valence electrons. The van der Waals surface area contributed by atoms with Crippen LogP contribution in [0.3, 0.4) is 0 Å². The van der Waals surface area contributed by atoms with Gasteiger partial charge < -0.3 is 29.4 Å². The molecule has 2 aliphatic rings. The minimum absolute atomic E-state index is 0.109. The number of carbonyl (C=O) groups excluding carboxylic acids is 2. The fourth-order valence-corrected chi connectivity index (χ4v) is 3.50. The van der Waals surface area contributed by atoms with E-state index in [0.717, 1.165) is 5.69 Å². The van der Waals surface area contributed by atoms with Crippen molar-refractivity contribution in [2.75, 3.05) is 26.9 Å². The lowest BCUT2D eigenvalue weighted by Crippen LogP contribution is -2.52. The van der Waals surface area contributed by atoms with Gasteiger partial charge in [0, 0.05) is 18.3 Å². The highest BCUT2D eigenvalue weighted by Gasteiger charge is 2.52. The largest absolute Gasteiger partial charge is 0.453 e. The molecule has 3 heterocycles. The number of aromatic nitrogens is 2. The average Bonchev–Trinajstić information content (AvgIpc) is 3.32. The maximum Gasteiger partial charge on any atom is 0.407 e. The van der Waals surface area contributed by atoms with Gasteiger partial charge in [0.25, 0.3) is 0 Å². The van der Waals surface area contributed by atoms with Crippen molar-refractivity contribution in [3.63, 3.8) is 0 Å². The second-order valence-electron chi connectivity index (χ2n) is 7.10. The van der Waals surface area contributed by atoms with Crippen molar-refractivity contribution in [2.45, 2.75) is 45.1 Å². The summed E-state index contributed by atoms with van der Waals surface area (Å²) in [5.41, 5.74) is 0.912. The van der Waals surface area contributed by atoms with Crippen LogP contribution in [0.5, 0.6) is 0 Å². The van der Waals surface area contributed by atoms with Crippen LogP contribution in [0.2, 0.25) is 0 Å². The molecule has 1 aromatic rings. The van der Waals surface area contributed by atoms with Crippen LogP contribution in [-0.2, 0) is 19.0 Å². The zero-order valence-electron chi connectivity index (χ0n) is 15.6. The summed E-state index contributed by atoms with van der Waals surface area (Å²) >= 11 is 0. The summed E-state index contributed by atoms with van der Waals surface area (Å²) in [7, 11) is 1.27. The number of hydrogen-bond donors (Lipinski definition) is 2. The van der Waals surface area contributed by atoms with Gasteiger partial charge in [-0.05, 0) is 12.8 Å². The molecule has 1 aromatic heterocycles. The predicted octanol–water partition coefficient (Wildman–Crippen LogP) is 1.12. The Bertz CT molecular complexity index is 668. The Kier molecular flexibility index (Phi) is 5.19. The SMILES string of the molecule is COC(=O)N[C@H](C(=O)N1CC2(C[C@H]1c1ncc(C)[nH]1)OCCO2)C(C)C. The first kappa shape index (κ1) is 18.7. The molecule has 0 bridgehead atoms. The molecular weight excluding hydrogens is 340 g/mol. The maximum atomic E-state index is 13.3. The molecule has 0 aromatic carbocycles. The van der Waals surface area contributed by atoms with Gasteiger partial charge >= 0.3 is 6.09 Å². The fourth-order valence-electron chi connectivity index (χ4n) is 3.50. The van der Waals surface area contributed by atoms with Crippen LogP contribution < -0.4 is 5.32 Å². The topological polar surface area (TPSA) is 106 Å². The molecule has 26 heavy (non-hydrogen) atoms. The van der Waals surface area contributed by atoms with Crippen molar-refractivity contribution in [1.29, 1.82) is 0 Å². The van der Waals surface area contributed by atoms with Crippen molar-refractivity contribution in [1.82, 2.24) is 20.2 Å². The highest BCUT2D eigenvalue weighted by Crippen LogP contribution is 2.42. The molecule has 2 amide bonds. The van der Waals surface area contributed by atoms with E-state index in [1.165, 1.54) is 7.11 Å². The quantitative estimate of drug-likeness (QED) is 0.827. The van der Waals surface area contributed by atoms with Crippen LogP contribution in [0.25, 0.3) is 0 Å². The van der Waals surface area contributed by atoms with Crippen molar-refractivity contribution in [3.8, 4) is 0 Å². The zero-order valence-corrected chi connectivity index (χ0v) is 15.6. The number of rotatable bonds is 4. The lowest BCUT2D eigenvalue weighted by Gasteiger charge is -2.30. The van der Waals surface area contributed by atoms with Crippen LogP contribution in [0, 0.1) is 12.8 Å². The Balaban J connectivity index is 1.87. The molecular formula is C17H26N4O5. The molecule has 2 atom stereocenters. The number of carbonyl (C=O) groups is 2. The third kappa shape index (κ3) is 3.54. The number of nitrogens with zero attached hydrogens (tertiary/aromatic N) is 2. The highest BCUT2D eigenvalue weighted by atomic mass is 16.7. The molecule has 2 fully saturated rings. The van der Waals surface area contributed by atoms with Crippen LogP contribution in [0.15, 0.2) is 6.20 Å². The monoisotopic (exact) mass is 366 g/mol. The minimum Gasteiger partial charge on any atom is -0.453 e. The Labute approximate surface area is 152 Å². The molecule has 9 nitrogen and oxygen atoms in total. The Morgan fingerprint density at radius 2 is 2.12 bits per heavy atom. The third-order valence-electron chi connectivity index (χ3n) is 4.82. The number of nitrogens with one attached hydrogen (secondary N) is 2. The first-order valence-electron chi connectivity index (χ1n) is 8.79. The van der Waals surface area contributed by atoms with Gasteiger partial charge in [0.15, 0.2) is 5.79 Å². The van der Waals surface area contributed by atoms with E-state index in [1.807, 2.05) is 20.8 Å². The number of likely N-dealkylation sites (tertiary alicyclic amines) is 1. The number of hydrogen-bond acceptors (Lipinski definition) is 6. The lowest BCUT2D eigenvalue weighted by molar-refractivity contribution is -0.153. The molecule has 1 spiro atoms. The van der Waals surface area contributed by atoms with E-state index in [-0.39, 0.29) is 17.9 Å². The summed E-state index contributed by atoms with van der Waals surface area (Å²) in [5, 5.41) is 2.63. The number of imidazole rings is 1. The van der Waals surface area contributed by atoms with Crippen LogP contribution in [0.4, 0.5) is 4.79 Å². The Morgan fingerprint density at radius 1 is 1.42 bits per heavy atom. The fraction of sp³-hybridized carbons (Fsp3) is 0.706. The summed E-state index contributed by atoms with van der Waals surface area (Å²) in [6.07, 6.45) is 1.59. The number of alkyl carbamates (subject to hydrolysis) is 1. The molecule has 0 aliphatic carbocycles. The molecule has 3 rings (SSSR count). The predicted molar refractivity (Wildman–Crippen MR) is 91.2 cm³/mol. The lowest BCUT2D eigenvalue weighted by atomic mass is 10.0. The highest BCUT2D eigenvalue weighted by molar-refractivity contribution is 5.86. The van der Waals surface area contributed by atoms with Gasteiger partial charge in [0.1, 0.15) is 11.9 Å². The van der Waals surface area contributed by atoms with Crippen LogP contribution in [0.1, 0.15) is 37.8 Å². The van der Waals surface area contributed by atoms with Gasteiger partial charge in [-0.2, -0.15) is 0 Å². The van der Waals surface area contributed by atoms with E-state index in [1.54, 1.807) is 11.1 Å². The molecule has 2 N–H and O–H groups in total. The molecule has 2 aliphatic heterocycles. The van der Waals surface area contributed by atoms with Gasteiger partial charge in [0.05, 0.1) is 32.9 Å². The molecule has 2 saturated heterocycles. The number of methoxy groups -OCH3 is 1. The van der Waals surface area contributed by atoms with E-state index in [0.29, 0.717) is 32.0 Å². The third-order valence-corrected chi connectivity index (χ3v) is 4.82. The smallest absolute Gasteiger partial charge is 0.407 e. The van der Waals surface area contributed by atoms with Crippen molar-refractivity contribution >= 4 is 12.0 Å². The van der Waals surface area contributed by atoms with E-state index < -0.39 is 17.9 Å². The van der Waals surface area contributed by atoms with Gasteiger partial charge in [-0.1, -0.05) is 13.8 Å². The number of aromatic amines is 1. The summed E-state index contributed by atoms with van der Waals surface area (Å²) < 4.78 is 16.3. The average molecular weight is 366 g/mol.